The highest BCUT2D eigenvalue weighted by molar-refractivity contribution is 5.85. The molecule has 0 aromatic rings. The quantitative estimate of drug-likeness (QED) is 0.699. The molecule has 3 nitrogen and oxygen atoms in total. The predicted octanol–water partition coefficient (Wildman–Crippen LogP) is 3.12. The third kappa shape index (κ3) is 5.57. The molecular formula is C14H28ClNO2. The van der Waals surface area contributed by atoms with E-state index in [1.165, 1.54) is 19.3 Å². The lowest BCUT2D eigenvalue weighted by molar-refractivity contribution is -0.151. The molecule has 0 spiro atoms. The Labute approximate surface area is 118 Å². The van der Waals surface area contributed by atoms with Crippen LogP contribution < -0.4 is 0 Å². The molecular weight excluding hydrogens is 250 g/mol. The van der Waals surface area contributed by atoms with Crippen LogP contribution in [0.25, 0.3) is 0 Å². The number of esters is 1. The van der Waals surface area contributed by atoms with E-state index >= 15 is 0 Å². The smallest absolute Gasteiger partial charge is 0.309 e. The van der Waals surface area contributed by atoms with Crippen LogP contribution in [0.4, 0.5) is 0 Å². The van der Waals surface area contributed by atoms with Crippen LogP contribution in [0.1, 0.15) is 46.5 Å². The fraction of sp³-hybridized carbons (Fsp3) is 0.929. The summed E-state index contributed by atoms with van der Waals surface area (Å²) in [6.45, 7) is 9.89. The summed E-state index contributed by atoms with van der Waals surface area (Å²) in [4.78, 5) is 14.2. The van der Waals surface area contributed by atoms with Crippen molar-refractivity contribution in [2.24, 2.45) is 11.8 Å². The average Bonchev–Trinajstić information content (AvgIpc) is 2.35. The molecule has 2 atom stereocenters. The Balaban J connectivity index is 0.00000289. The van der Waals surface area contributed by atoms with Gasteiger partial charge in [-0.2, -0.15) is 0 Å². The molecule has 18 heavy (non-hydrogen) atoms. The van der Waals surface area contributed by atoms with Crippen molar-refractivity contribution in [1.29, 1.82) is 0 Å². The zero-order valence-corrected chi connectivity index (χ0v) is 12.8. The maximum atomic E-state index is 11.9. The fourth-order valence-electron chi connectivity index (χ4n) is 2.59. The molecule has 1 fully saturated rings. The van der Waals surface area contributed by atoms with Crippen LogP contribution in [0.2, 0.25) is 0 Å². The molecule has 0 unspecified atom stereocenters. The summed E-state index contributed by atoms with van der Waals surface area (Å²) in [7, 11) is 0. The first-order valence-corrected chi connectivity index (χ1v) is 7.08. The van der Waals surface area contributed by atoms with Crippen molar-refractivity contribution >= 4 is 18.4 Å². The Morgan fingerprint density at radius 2 is 1.83 bits per heavy atom. The molecule has 0 aromatic heterocycles. The minimum atomic E-state index is 0. The summed E-state index contributed by atoms with van der Waals surface area (Å²) in [5.41, 5.74) is 0. The Morgan fingerprint density at radius 3 is 2.39 bits per heavy atom. The Morgan fingerprint density at radius 1 is 1.22 bits per heavy atom. The van der Waals surface area contributed by atoms with Crippen LogP contribution in [0.15, 0.2) is 0 Å². The summed E-state index contributed by atoms with van der Waals surface area (Å²) in [6.07, 6.45) is 4.64. The van der Waals surface area contributed by atoms with Crippen LogP contribution in [0, 0.1) is 11.8 Å². The molecule has 0 aromatic carbocycles. The van der Waals surface area contributed by atoms with Gasteiger partial charge < -0.3 is 9.64 Å². The Hall–Kier alpha value is -0.280. The number of rotatable bonds is 6. The van der Waals surface area contributed by atoms with E-state index in [1.54, 1.807) is 0 Å². The van der Waals surface area contributed by atoms with Crippen LogP contribution in [-0.2, 0) is 9.53 Å². The molecule has 4 heteroatoms. The Kier molecular flexibility index (Phi) is 9.47. The summed E-state index contributed by atoms with van der Waals surface area (Å²) >= 11 is 0. The van der Waals surface area contributed by atoms with Gasteiger partial charge in [0, 0.05) is 6.54 Å². The highest BCUT2D eigenvalue weighted by Crippen LogP contribution is 2.30. The lowest BCUT2D eigenvalue weighted by atomic mass is 9.80. The van der Waals surface area contributed by atoms with E-state index in [2.05, 4.69) is 25.7 Å². The second-order valence-electron chi connectivity index (χ2n) is 5.06. The predicted molar refractivity (Wildman–Crippen MR) is 77.1 cm³/mol. The van der Waals surface area contributed by atoms with Gasteiger partial charge in [-0.1, -0.05) is 33.6 Å². The van der Waals surface area contributed by atoms with Crippen molar-refractivity contribution in [3.63, 3.8) is 0 Å². The van der Waals surface area contributed by atoms with Crippen molar-refractivity contribution in [2.75, 3.05) is 26.2 Å². The number of carbonyl (C=O) groups excluding carboxylic acids is 1. The minimum Gasteiger partial charge on any atom is -0.464 e. The molecule has 0 radical (unpaired) electrons. The van der Waals surface area contributed by atoms with Gasteiger partial charge in [0.1, 0.15) is 6.61 Å². The standard InChI is InChI=1S/C14H27NO2.ClH/c1-4-15(5-2)10-11-17-14(16)13-9-7-6-8-12(13)3;/h12-13H,4-11H2,1-3H3;1H/t12-,13-;/m0./s1. The Bertz CT molecular complexity index is 232. The van der Waals surface area contributed by atoms with Crippen molar-refractivity contribution in [2.45, 2.75) is 46.5 Å². The molecule has 0 heterocycles. The molecule has 0 amide bonds. The monoisotopic (exact) mass is 277 g/mol. The SMILES string of the molecule is CCN(CC)CCOC(=O)[C@H]1CCCC[C@@H]1C.Cl. The van der Waals surface area contributed by atoms with E-state index in [0.717, 1.165) is 26.1 Å². The fourth-order valence-corrected chi connectivity index (χ4v) is 2.59. The van der Waals surface area contributed by atoms with Gasteiger partial charge in [0.25, 0.3) is 0 Å². The maximum absolute atomic E-state index is 11.9. The third-order valence-corrected chi connectivity index (χ3v) is 3.96. The van der Waals surface area contributed by atoms with E-state index in [-0.39, 0.29) is 24.3 Å². The third-order valence-electron chi connectivity index (χ3n) is 3.96. The van der Waals surface area contributed by atoms with Gasteiger partial charge in [-0.25, -0.2) is 0 Å². The van der Waals surface area contributed by atoms with Crippen molar-refractivity contribution in [3.8, 4) is 0 Å². The largest absolute Gasteiger partial charge is 0.464 e. The van der Waals surface area contributed by atoms with Gasteiger partial charge >= 0.3 is 5.97 Å². The first-order valence-electron chi connectivity index (χ1n) is 7.08. The van der Waals surface area contributed by atoms with Gasteiger partial charge in [-0.3, -0.25) is 4.79 Å². The van der Waals surface area contributed by atoms with Crippen LogP contribution in [-0.4, -0.2) is 37.1 Å². The van der Waals surface area contributed by atoms with E-state index in [1.807, 2.05) is 0 Å². The topological polar surface area (TPSA) is 29.5 Å². The van der Waals surface area contributed by atoms with Gasteiger partial charge in [-0.05, 0) is 31.8 Å². The second-order valence-corrected chi connectivity index (χ2v) is 5.06. The highest BCUT2D eigenvalue weighted by Gasteiger charge is 2.28. The highest BCUT2D eigenvalue weighted by atomic mass is 35.5. The van der Waals surface area contributed by atoms with Crippen LogP contribution in [0.3, 0.4) is 0 Å². The number of carbonyl (C=O) groups is 1. The minimum absolute atomic E-state index is 0. The van der Waals surface area contributed by atoms with E-state index in [4.69, 9.17) is 4.74 Å². The molecule has 1 rings (SSSR count). The molecule has 0 N–H and O–H groups in total. The van der Waals surface area contributed by atoms with Gasteiger partial charge in [0.05, 0.1) is 5.92 Å². The van der Waals surface area contributed by atoms with Crippen molar-refractivity contribution in [3.05, 3.63) is 0 Å². The zero-order chi connectivity index (χ0) is 12.7. The van der Waals surface area contributed by atoms with Crippen LogP contribution in [0.5, 0.6) is 0 Å². The zero-order valence-electron chi connectivity index (χ0n) is 12.0. The van der Waals surface area contributed by atoms with Gasteiger partial charge in [0.2, 0.25) is 0 Å². The summed E-state index contributed by atoms with van der Waals surface area (Å²) in [6, 6.07) is 0. The molecule has 108 valence electrons. The normalized spacial score (nSPS) is 23.6. The number of halogens is 1. The number of likely N-dealkylation sites (N-methyl/N-ethyl adjacent to an activating group) is 1. The summed E-state index contributed by atoms with van der Waals surface area (Å²) in [5, 5.41) is 0. The van der Waals surface area contributed by atoms with Crippen LogP contribution >= 0.6 is 12.4 Å². The van der Waals surface area contributed by atoms with Gasteiger partial charge in [0.15, 0.2) is 0 Å². The lowest BCUT2D eigenvalue weighted by Gasteiger charge is -2.27. The van der Waals surface area contributed by atoms with E-state index in [9.17, 15) is 4.79 Å². The number of ether oxygens (including phenoxy) is 1. The molecule has 1 saturated carbocycles. The number of hydrogen-bond acceptors (Lipinski definition) is 3. The second kappa shape index (κ2) is 9.62. The van der Waals surface area contributed by atoms with Gasteiger partial charge in [-0.15, -0.1) is 12.4 Å². The number of hydrogen-bond donors (Lipinski definition) is 0. The first-order chi connectivity index (χ1) is 8.19. The molecule has 1 aliphatic rings. The summed E-state index contributed by atoms with van der Waals surface area (Å²) < 4.78 is 5.41. The van der Waals surface area contributed by atoms with E-state index < -0.39 is 0 Å². The molecule has 0 bridgehead atoms. The average molecular weight is 278 g/mol. The van der Waals surface area contributed by atoms with E-state index in [0.29, 0.717) is 12.5 Å². The lowest BCUT2D eigenvalue weighted by Crippen LogP contribution is -2.31. The molecule has 1 aliphatic carbocycles. The van der Waals surface area contributed by atoms with Crippen molar-refractivity contribution < 1.29 is 9.53 Å². The summed E-state index contributed by atoms with van der Waals surface area (Å²) in [5.74, 6) is 0.689. The first kappa shape index (κ1) is 17.7. The van der Waals surface area contributed by atoms with Crippen molar-refractivity contribution in [1.82, 2.24) is 4.90 Å². The molecule has 0 saturated heterocycles. The number of nitrogens with zero attached hydrogens (tertiary/aromatic N) is 1. The maximum Gasteiger partial charge on any atom is 0.309 e. The molecule has 0 aliphatic heterocycles.